The Labute approximate surface area is 163 Å². The van der Waals surface area contributed by atoms with Gasteiger partial charge in [0.2, 0.25) is 0 Å². The minimum absolute atomic E-state index is 0.193. The SMILES string of the molecule is O=C(COC(=O)CCSc1ccccc1)NNC(=O)c1ccc(Br)cc1. The van der Waals surface area contributed by atoms with Gasteiger partial charge in [-0.05, 0) is 36.4 Å². The number of benzene rings is 2. The van der Waals surface area contributed by atoms with Crippen LogP contribution in [0.25, 0.3) is 0 Å². The standard InChI is InChI=1S/C18H17BrN2O4S/c19-14-8-6-13(7-9-14)18(24)21-20-16(22)12-25-17(23)10-11-26-15-4-2-1-3-5-15/h1-9H,10-12H2,(H,20,22)(H,21,24). The second kappa shape index (κ2) is 10.6. The number of hydrazine groups is 1. The van der Waals surface area contributed by atoms with Crippen LogP contribution in [0.1, 0.15) is 16.8 Å². The first-order chi connectivity index (χ1) is 12.5. The third kappa shape index (κ3) is 7.28. The number of carbonyl (C=O) groups is 3. The van der Waals surface area contributed by atoms with E-state index in [1.165, 1.54) is 11.8 Å². The van der Waals surface area contributed by atoms with Crippen LogP contribution in [0.4, 0.5) is 0 Å². The maximum absolute atomic E-state index is 11.8. The van der Waals surface area contributed by atoms with Crippen LogP contribution in [0.5, 0.6) is 0 Å². The van der Waals surface area contributed by atoms with Crippen LogP contribution >= 0.6 is 27.7 Å². The molecule has 0 saturated heterocycles. The first-order valence-corrected chi connectivity index (χ1v) is 9.50. The lowest BCUT2D eigenvalue weighted by molar-refractivity contribution is -0.148. The van der Waals surface area contributed by atoms with E-state index in [1.807, 2.05) is 30.3 Å². The van der Waals surface area contributed by atoms with Gasteiger partial charge in [0.25, 0.3) is 11.8 Å². The fraction of sp³-hybridized carbons (Fsp3) is 0.167. The van der Waals surface area contributed by atoms with Crippen LogP contribution < -0.4 is 10.9 Å². The summed E-state index contributed by atoms with van der Waals surface area (Å²) in [6.45, 7) is -0.449. The number of halogens is 1. The third-order valence-electron chi connectivity index (χ3n) is 3.10. The van der Waals surface area contributed by atoms with E-state index in [0.29, 0.717) is 11.3 Å². The van der Waals surface area contributed by atoms with Crippen molar-refractivity contribution < 1.29 is 19.1 Å². The molecule has 6 nitrogen and oxygen atoms in total. The van der Waals surface area contributed by atoms with Crippen molar-refractivity contribution in [1.29, 1.82) is 0 Å². The topological polar surface area (TPSA) is 84.5 Å². The lowest BCUT2D eigenvalue weighted by Crippen LogP contribution is -2.43. The zero-order chi connectivity index (χ0) is 18.8. The van der Waals surface area contributed by atoms with Crippen LogP contribution in [-0.2, 0) is 14.3 Å². The summed E-state index contributed by atoms with van der Waals surface area (Å²) in [4.78, 5) is 36.1. The molecular formula is C18H17BrN2O4S. The largest absolute Gasteiger partial charge is 0.455 e. The van der Waals surface area contributed by atoms with E-state index in [-0.39, 0.29) is 6.42 Å². The summed E-state index contributed by atoms with van der Waals surface area (Å²) in [5, 5.41) is 0. The number of hydrogen-bond acceptors (Lipinski definition) is 5. The first kappa shape index (κ1) is 20.0. The van der Waals surface area contributed by atoms with Crippen molar-refractivity contribution in [2.24, 2.45) is 0 Å². The predicted molar refractivity (Wildman–Crippen MR) is 102 cm³/mol. The Morgan fingerprint density at radius 3 is 2.35 bits per heavy atom. The molecule has 2 aromatic rings. The van der Waals surface area contributed by atoms with Crippen molar-refractivity contribution in [3.63, 3.8) is 0 Å². The Morgan fingerprint density at radius 2 is 1.65 bits per heavy atom. The number of nitrogens with one attached hydrogen (secondary N) is 2. The molecule has 0 aliphatic heterocycles. The summed E-state index contributed by atoms with van der Waals surface area (Å²) in [7, 11) is 0. The van der Waals surface area contributed by atoms with E-state index in [9.17, 15) is 14.4 Å². The highest BCUT2D eigenvalue weighted by molar-refractivity contribution is 9.10. The van der Waals surface area contributed by atoms with Crippen molar-refractivity contribution >= 4 is 45.5 Å². The summed E-state index contributed by atoms with van der Waals surface area (Å²) in [5.41, 5.74) is 4.85. The number of esters is 1. The lowest BCUT2D eigenvalue weighted by atomic mass is 10.2. The molecule has 2 rings (SSSR count). The summed E-state index contributed by atoms with van der Waals surface area (Å²) in [6.07, 6.45) is 0.193. The van der Waals surface area contributed by atoms with Crippen molar-refractivity contribution in [1.82, 2.24) is 10.9 Å². The molecule has 0 saturated carbocycles. The molecule has 2 amide bonds. The Balaban J connectivity index is 1.61. The smallest absolute Gasteiger partial charge is 0.307 e. The van der Waals surface area contributed by atoms with Gasteiger partial charge in [0, 0.05) is 20.7 Å². The van der Waals surface area contributed by atoms with E-state index in [1.54, 1.807) is 24.3 Å². The maximum Gasteiger partial charge on any atom is 0.307 e. The monoisotopic (exact) mass is 436 g/mol. The summed E-state index contributed by atoms with van der Waals surface area (Å²) in [6, 6.07) is 16.3. The molecule has 2 N–H and O–H groups in total. The van der Waals surface area contributed by atoms with E-state index >= 15 is 0 Å². The molecule has 0 aromatic heterocycles. The van der Waals surface area contributed by atoms with Gasteiger partial charge in [-0.2, -0.15) is 0 Å². The number of hydrogen-bond donors (Lipinski definition) is 2. The second-order valence-electron chi connectivity index (χ2n) is 5.08. The highest BCUT2D eigenvalue weighted by Gasteiger charge is 2.10. The number of rotatable bonds is 7. The van der Waals surface area contributed by atoms with Crippen LogP contribution in [0.3, 0.4) is 0 Å². The van der Waals surface area contributed by atoms with E-state index < -0.39 is 24.4 Å². The maximum atomic E-state index is 11.8. The Morgan fingerprint density at radius 1 is 0.962 bits per heavy atom. The fourth-order valence-electron chi connectivity index (χ4n) is 1.82. The molecule has 0 bridgehead atoms. The molecule has 136 valence electrons. The molecule has 0 fully saturated rings. The molecule has 0 radical (unpaired) electrons. The number of thioether (sulfide) groups is 1. The first-order valence-electron chi connectivity index (χ1n) is 7.73. The highest BCUT2D eigenvalue weighted by atomic mass is 79.9. The minimum atomic E-state index is -0.612. The molecule has 0 aliphatic carbocycles. The van der Waals surface area contributed by atoms with Crippen LogP contribution in [0.15, 0.2) is 64.0 Å². The van der Waals surface area contributed by atoms with Crippen LogP contribution in [0, 0.1) is 0 Å². The van der Waals surface area contributed by atoms with E-state index in [4.69, 9.17) is 4.74 Å². The lowest BCUT2D eigenvalue weighted by Gasteiger charge is -2.08. The highest BCUT2D eigenvalue weighted by Crippen LogP contribution is 2.17. The second-order valence-corrected chi connectivity index (χ2v) is 7.17. The van der Waals surface area contributed by atoms with Crippen LogP contribution in [0.2, 0.25) is 0 Å². The van der Waals surface area contributed by atoms with Crippen molar-refractivity contribution in [2.75, 3.05) is 12.4 Å². The molecule has 0 aliphatic rings. The molecule has 0 spiro atoms. The predicted octanol–water partition coefficient (Wildman–Crippen LogP) is 2.94. The molecule has 0 atom stereocenters. The van der Waals surface area contributed by atoms with Gasteiger partial charge in [-0.15, -0.1) is 11.8 Å². The molecular weight excluding hydrogens is 420 g/mol. The summed E-state index contributed by atoms with van der Waals surface area (Å²) >= 11 is 4.80. The molecule has 26 heavy (non-hydrogen) atoms. The molecule has 0 unspecified atom stereocenters. The van der Waals surface area contributed by atoms with Gasteiger partial charge >= 0.3 is 5.97 Å². The van der Waals surface area contributed by atoms with Crippen molar-refractivity contribution in [3.05, 3.63) is 64.6 Å². The molecule has 0 heterocycles. The number of amides is 2. The normalized spacial score (nSPS) is 10.0. The average molecular weight is 437 g/mol. The van der Waals surface area contributed by atoms with Gasteiger partial charge in [0.1, 0.15) is 0 Å². The van der Waals surface area contributed by atoms with Gasteiger partial charge in [0.05, 0.1) is 6.42 Å². The van der Waals surface area contributed by atoms with Crippen molar-refractivity contribution in [2.45, 2.75) is 11.3 Å². The van der Waals surface area contributed by atoms with E-state index in [0.717, 1.165) is 9.37 Å². The van der Waals surface area contributed by atoms with Crippen molar-refractivity contribution in [3.8, 4) is 0 Å². The van der Waals surface area contributed by atoms with Gasteiger partial charge < -0.3 is 4.74 Å². The van der Waals surface area contributed by atoms with Gasteiger partial charge in [-0.1, -0.05) is 34.1 Å². The number of carbonyl (C=O) groups excluding carboxylic acids is 3. The fourth-order valence-corrected chi connectivity index (χ4v) is 2.94. The van der Waals surface area contributed by atoms with Crippen LogP contribution in [-0.4, -0.2) is 30.1 Å². The quantitative estimate of drug-likeness (QED) is 0.395. The summed E-state index contributed by atoms with van der Waals surface area (Å²) < 4.78 is 5.72. The minimum Gasteiger partial charge on any atom is -0.455 e. The van der Waals surface area contributed by atoms with E-state index in [2.05, 4.69) is 26.8 Å². The Hall–Kier alpha value is -2.32. The van der Waals surface area contributed by atoms with Gasteiger partial charge in [-0.3, -0.25) is 25.2 Å². The average Bonchev–Trinajstić information content (AvgIpc) is 2.66. The van der Waals surface area contributed by atoms with Gasteiger partial charge in [0.15, 0.2) is 6.61 Å². The Bertz CT molecular complexity index is 754. The molecule has 2 aromatic carbocycles. The zero-order valence-corrected chi connectivity index (χ0v) is 16.1. The third-order valence-corrected chi connectivity index (χ3v) is 4.65. The number of ether oxygens (including phenoxy) is 1. The van der Waals surface area contributed by atoms with Gasteiger partial charge in [-0.25, -0.2) is 0 Å². The Kier molecular flexibility index (Phi) is 8.17. The molecule has 8 heteroatoms. The summed E-state index contributed by atoms with van der Waals surface area (Å²) in [5.74, 6) is -0.983. The zero-order valence-electron chi connectivity index (χ0n) is 13.7.